The Bertz CT molecular complexity index is 321. The molecular formula is C10H15BrClN3. The molecule has 0 aliphatic carbocycles. The summed E-state index contributed by atoms with van der Waals surface area (Å²) in [6, 6.07) is 0. The molecule has 0 spiro atoms. The van der Waals surface area contributed by atoms with Crippen molar-refractivity contribution in [3.8, 4) is 0 Å². The third-order valence-corrected chi connectivity index (χ3v) is 3.28. The van der Waals surface area contributed by atoms with Crippen LogP contribution in [0.1, 0.15) is 26.7 Å². The standard InChI is InChI=1S/C10H15BrClN3/c1-3-10(2,4-5-12)15-9-8(11)6-13-7-14-9/h6-7H,3-5H2,1-2H3,(H,13,14,15). The molecule has 1 atom stereocenters. The fourth-order valence-corrected chi connectivity index (χ4v) is 1.96. The number of anilines is 1. The average Bonchev–Trinajstić information content (AvgIpc) is 2.22. The average molecular weight is 293 g/mol. The van der Waals surface area contributed by atoms with Crippen LogP contribution in [0.4, 0.5) is 5.82 Å². The number of hydrogen-bond donors (Lipinski definition) is 1. The van der Waals surface area contributed by atoms with Crippen LogP contribution in [-0.2, 0) is 0 Å². The summed E-state index contributed by atoms with van der Waals surface area (Å²) in [5.41, 5.74) is -0.0153. The topological polar surface area (TPSA) is 37.8 Å². The minimum absolute atomic E-state index is 0.0153. The Labute approximate surface area is 104 Å². The maximum absolute atomic E-state index is 5.79. The van der Waals surface area contributed by atoms with E-state index in [1.54, 1.807) is 6.20 Å². The van der Waals surface area contributed by atoms with Gasteiger partial charge >= 0.3 is 0 Å². The molecule has 0 aliphatic rings. The molecule has 5 heteroatoms. The monoisotopic (exact) mass is 291 g/mol. The fraction of sp³-hybridized carbons (Fsp3) is 0.600. The SMILES string of the molecule is CCC(C)(CCCl)Nc1ncncc1Br. The van der Waals surface area contributed by atoms with E-state index in [1.165, 1.54) is 6.33 Å². The summed E-state index contributed by atoms with van der Waals surface area (Å²) in [6.07, 6.45) is 5.16. The molecule has 0 saturated heterocycles. The predicted octanol–water partition coefficient (Wildman–Crippen LogP) is 3.45. The van der Waals surface area contributed by atoms with Gasteiger partial charge in [-0.1, -0.05) is 6.92 Å². The first-order chi connectivity index (χ1) is 7.11. The number of halogens is 2. The third-order valence-electron chi connectivity index (χ3n) is 2.51. The van der Waals surface area contributed by atoms with Crippen LogP contribution >= 0.6 is 27.5 Å². The van der Waals surface area contributed by atoms with Crippen molar-refractivity contribution in [3.63, 3.8) is 0 Å². The lowest BCUT2D eigenvalue weighted by atomic mass is 9.95. The molecule has 1 heterocycles. The highest BCUT2D eigenvalue weighted by Gasteiger charge is 2.22. The number of rotatable bonds is 5. The van der Waals surface area contributed by atoms with E-state index in [0.717, 1.165) is 23.1 Å². The van der Waals surface area contributed by atoms with Crippen molar-refractivity contribution >= 4 is 33.3 Å². The Morgan fingerprint density at radius 2 is 2.33 bits per heavy atom. The van der Waals surface area contributed by atoms with E-state index in [4.69, 9.17) is 11.6 Å². The Hall–Kier alpha value is -0.350. The normalized spacial score (nSPS) is 14.7. The van der Waals surface area contributed by atoms with E-state index in [1.807, 2.05) is 0 Å². The van der Waals surface area contributed by atoms with E-state index in [-0.39, 0.29) is 5.54 Å². The molecule has 15 heavy (non-hydrogen) atoms. The maximum atomic E-state index is 5.79. The van der Waals surface area contributed by atoms with Gasteiger partial charge in [0.25, 0.3) is 0 Å². The summed E-state index contributed by atoms with van der Waals surface area (Å²) in [7, 11) is 0. The van der Waals surface area contributed by atoms with Crippen LogP contribution in [0.3, 0.4) is 0 Å². The highest BCUT2D eigenvalue weighted by atomic mass is 79.9. The van der Waals surface area contributed by atoms with Crippen LogP contribution in [-0.4, -0.2) is 21.4 Å². The molecule has 1 unspecified atom stereocenters. The second-order valence-electron chi connectivity index (χ2n) is 3.70. The lowest BCUT2D eigenvalue weighted by molar-refractivity contribution is 0.479. The first-order valence-electron chi connectivity index (χ1n) is 4.91. The molecule has 84 valence electrons. The smallest absolute Gasteiger partial charge is 0.144 e. The fourth-order valence-electron chi connectivity index (χ4n) is 1.23. The van der Waals surface area contributed by atoms with E-state index in [2.05, 4.69) is 45.1 Å². The van der Waals surface area contributed by atoms with Gasteiger partial charge in [-0.25, -0.2) is 9.97 Å². The zero-order valence-electron chi connectivity index (χ0n) is 8.93. The zero-order valence-corrected chi connectivity index (χ0v) is 11.3. The van der Waals surface area contributed by atoms with Gasteiger partial charge in [0.2, 0.25) is 0 Å². The molecule has 0 radical (unpaired) electrons. The molecule has 0 fully saturated rings. The molecule has 1 aromatic rings. The molecule has 0 aliphatic heterocycles. The number of aromatic nitrogens is 2. The van der Waals surface area contributed by atoms with Gasteiger partial charge in [0, 0.05) is 17.6 Å². The van der Waals surface area contributed by atoms with Gasteiger partial charge < -0.3 is 5.32 Å². The Balaban J connectivity index is 2.79. The first-order valence-corrected chi connectivity index (χ1v) is 6.23. The van der Waals surface area contributed by atoms with Crippen molar-refractivity contribution in [1.82, 2.24) is 9.97 Å². The van der Waals surface area contributed by atoms with Crippen LogP contribution in [0.5, 0.6) is 0 Å². The molecule has 0 saturated carbocycles. The molecule has 0 aromatic carbocycles. The second-order valence-corrected chi connectivity index (χ2v) is 4.93. The van der Waals surface area contributed by atoms with Crippen molar-refractivity contribution in [2.75, 3.05) is 11.2 Å². The van der Waals surface area contributed by atoms with E-state index in [9.17, 15) is 0 Å². The zero-order chi connectivity index (χ0) is 11.3. The maximum Gasteiger partial charge on any atom is 0.144 e. The minimum atomic E-state index is -0.0153. The van der Waals surface area contributed by atoms with Crippen molar-refractivity contribution < 1.29 is 0 Å². The minimum Gasteiger partial charge on any atom is -0.364 e. The van der Waals surface area contributed by atoms with Gasteiger partial charge in [0.1, 0.15) is 12.1 Å². The van der Waals surface area contributed by atoms with Gasteiger partial charge in [-0.15, -0.1) is 11.6 Å². The molecule has 1 aromatic heterocycles. The molecule has 0 amide bonds. The lowest BCUT2D eigenvalue weighted by Gasteiger charge is -2.29. The largest absolute Gasteiger partial charge is 0.364 e. The van der Waals surface area contributed by atoms with E-state index >= 15 is 0 Å². The summed E-state index contributed by atoms with van der Waals surface area (Å²) in [6.45, 7) is 4.28. The van der Waals surface area contributed by atoms with Gasteiger partial charge in [-0.3, -0.25) is 0 Å². The predicted molar refractivity (Wildman–Crippen MR) is 67.4 cm³/mol. The van der Waals surface area contributed by atoms with Crippen LogP contribution < -0.4 is 5.32 Å². The van der Waals surface area contributed by atoms with Crippen LogP contribution in [0, 0.1) is 0 Å². The van der Waals surface area contributed by atoms with Crippen LogP contribution in [0.2, 0.25) is 0 Å². The summed E-state index contributed by atoms with van der Waals surface area (Å²) >= 11 is 9.19. The Morgan fingerprint density at radius 3 is 2.87 bits per heavy atom. The summed E-state index contributed by atoms with van der Waals surface area (Å²) in [4.78, 5) is 8.10. The van der Waals surface area contributed by atoms with E-state index < -0.39 is 0 Å². The second kappa shape index (κ2) is 5.66. The first kappa shape index (κ1) is 12.7. The molecular weight excluding hydrogens is 277 g/mol. The van der Waals surface area contributed by atoms with Crippen LogP contribution in [0.15, 0.2) is 17.0 Å². The van der Waals surface area contributed by atoms with Gasteiger partial charge in [0.15, 0.2) is 0 Å². The third kappa shape index (κ3) is 3.61. The van der Waals surface area contributed by atoms with Crippen molar-refractivity contribution in [1.29, 1.82) is 0 Å². The van der Waals surface area contributed by atoms with Gasteiger partial charge in [-0.2, -0.15) is 0 Å². The number of hydrogen-bond acceptors (Lipinski definition) is 3. The van der Waals surface area contributed by atoms with Crippen molar-refractivity contribution in [2.24, 2.45) is 0 Å². The number of nitrogens with zero attached hydrogens (tertiary/aromatic N) is 2. The van der Waals surface area contributed by atoms with Crippen molar-refractivity contribution in [3.05, 3.63) is 17.0 Å². The van der Waals surface area contributed by atoms with E-state index in [0.29, 0.717) is 5.88 Å². The molecule has 0 bridgehead atoms. The quantitative estimate of drug-likeness (QED) is 0.845. The Morgan fingerprint density at radius 1 is 1.60 bits per heavy atom. The number of nitrogens with one attached hydrogen (secondary N) is 1. The highest BCUT2D eigenvalue weighted by molar-refractivity contribution is 9.10. The summed E-state index contributed by atoms with van der Waals surface area (Å²) in [5, 5.41) is 3.39. The summed E-state index contributed by atoms with van der Waals surface area (Å²) in [5.74, 6) is 1.46. The molecule has 1 N–H and O–H groups in total. The van der Waals surface area contributed by atoms with Gasteiger partial charge in [-0.05, 0) is 35.7 Å². The summed E-state index contributed by atoms with van der Waals surface area (Å²) < 4.78 is 0.874. The van der Waals surface area contributed by atoms with Crippen molar-refractivity contribution in [2.45, 2.75) is 32.2 Å². The Kier molecular flexibility index (Phi) is 4.80. The van der Waals surface area contributed by atoms with Crippen LogP contribution in [0.25, 0.3) is 0 Å². The number of alkyl halides is 1. The highest BCUT2D eigenvalue weighted by Crippen LogP contribution is 2.25. The molecule has 1 rings (SSSR count). The lowest BCUT2D eigenvalue weighted by Crippen LogP contribution is -2.35. The van der Waals surface area contributed by atoms with Gasteiger partial charge in [0.05, 0.1) is 4.47 Å². The molecule has 3 nitrogen and oxygen atoms in total.